The molecular formula is C13H10N2O5S. The van der Waals surface area contributed by atoms with Crippen LogP contribution in [-0.2, 0) is 20.9 Å². The van der Waals surface area contributed by atoms with Gasteiger partial charge in [0.25, 0.3) is 5.69 Å². The van der Waals surface area contributed by atoms with Crippen LogP contribution in [0, 0.1) is 10.1 Å². The van der Waals surface area contributed by atoms with Gasteiger partial charge in [-0.1, -0.05) is 0 Å². The predicted octanol–water partition coefficient (Wildman–Crippen LogP) is 1.78. The zero-order valence-corrected chi connectivity index (χ0v) is 11.5. The topological polar surface area (TPSA) is 89.7 Å². The van der Waals surface area contributed by atoms with Crippen LogP contribution in [0.2, 0.25) is 0 Å². The number of β-lactam (4-membered cyclic amide) rings is 1. The highest BCUT2D eigenvalue weighted by molar-refractivity contribution is 8.03. The molecule has 1 atom stereocenters. The number of nitro benzene ring substituents is 1. The molecule has 0 radical (unpaired) electrons. The molecule has 1 amide bonds. The molecular weight excluding hydrogens is 296 g/mol. The Hall–Kier alpha value is -2.35. The molecule has 8 heteroatoms. The van der Waals surface area contributed by atoms with Crippen LogP contribution in [0.3, 0.4) is 0 Å². The number of carbonyl (C=O) groups is 2. The number of thioether (sulfide) groups is 1. The third kappa shape index (κ3) is 2.49. The lowest BCUT2D eigenvalue weighted by molar-refractivity contribution is -0.384. The Bertz CT molecular complexity index is 655. The van der Waals surface area contributed by atoms with Gasteiger partial charge in [-0.15, -0.1) is 11.8 Å². The highest BCUT2D eigenvalue weighted by Gasteiger charge is 2.45. The average molecular weight is 306 g/mol. The van der Waals surface area contributed by atoms with Crippen LogP contribution in [0.25, 0.3) is 0 Å². The first-order valence-electron chi connectivity index (χ1n) is 6.14. The van der Waals surface area contributed by atoms with Gasteiger partial charge in [-0.3, -0.25) is 19.8 Å². The van der Waals surface area contributed by atoms with Gasteiger partial charge in [-0.05, 0) is 17.7 Å². The van der Waals surface area contributed by atoms with Crippen molar-refractivity contribution in [2.24, 2.45) is 0 Å². The van der Waals surface area contributed by atoms with Crippen LogP contribution in [-0.4, -0.2) is 27.1 Å². The van der Waals surface area contributed by atoms with Crippen LogP contribution in [0.5, 0.6) is 0 Å². The number of amides is 1. The second-order valence-electron chi connectivity index (χ2n) is 4.56. The van der Waals surface area contributed by atoms with Crippen molar-refractivity contribution in [3.63, 3.8) is 0 Å². The van der Waals surface area contributed by atoms with Crippen molar-refractivity contribution in [1.29, 1.82) is 0 Å². The number of non-ortho nitro benzene ring substituents is 1. The summed E-state index contributed by atoms with van der Waals surface area (Å²) in [4.78, 5) is 34.8. The van der Waals surface area contributed by atoms with Gasteiger partial charge < -0.3 is 4.74 Å². The summed E-state index contributed by atoms with van der Waals surface area (Å²) in [5, 5.41) is 12.2. The molecule has 2 aliphatic heterocycles. The van der Waals surface area contributed by atoms with Gasteiger partial charge >= 0.3 is 5.97 Å². The first-order chi connectivity index (χ1) is 10.1. The lowest BCUT2D eigenvalue weighted by Crippen LogP contribution is -2.48. The number of hydrogen-bond donors (Lipinski definition) is 0. The third-order valence-corrected chi connectivity index (χ3v) is 4.28. The maximum atomic E-state index is 11.9. The van der Waals surface area contributed by atoms with Gasteiger partial charge in [0.2, 0.25) is 5.91 Å². The molecule has 1 saturated heterocycles. The highest BCUT2D eigenvalue weighted by atomic mass is 32.2. The summed E-state index contributed by atoms with van der Waals surface area (Å²) in [7, 11) is 0. The summed E-state index contributed by atoms with van der Waals surface area (Å²) < 4.78 is 5.13. The Kier molecular flexibility index (Phi) is 3.38. The van der Waals surface area contributed by atoms with E-state index in [9.17, 15) is 19.7 Å². The maximum Gasteiger partial charge on any atom is 0.355 e. The predicted molar refractivity (Wildman–Crippen MR) is 73.8 cm³/mol. The molecule has 108 valence electrons. The Morgan fingerprint density at radius 3 is 2.76 bits per heavy atom. The molecule has 1 aromatic rings. The molecule has 3 rings (SSSR count). The van der Waals surface area contributed by atoms with Gasteiger partial charge in [-0.2, -0.15) is 0 Å². The highest BCUT2D eigenvalue weighted by Crippen LogP contribution is 2.41. The summed E-state index contributed by atoms with van der Waals surface area (Å²) in [6.07, 6.45) is 0.445. The molecule has 0 spiro atoms. The zero-order valence-electron chi connectivity index (χ0n) is 10.7. The standard InChI is InChI=1S/C13H10N2O5S/c16-11-5-12-14(11)10(7-21-12)13(17)20-6-8-1-3-9(4-2-8)15(18)19/h1-4,7,12H,5-6H2/t12-/m1/s1. The molecule has 0 aliphatic carbocycles. The van der Waals surface area contributed by atoms with Gasteiger partial charge in [0, 0.05) is 17.5 Å². The molecule has 0 unspecified atom stereocenters. The zero-order chi connectivity index (χ0) is 15.0. The number of hydrogen-bond acceptors (Lipinski definition) is 6. The number of fused-ring (bicyclic) bond motifs is 1. The number of esters is 1. The number of nitrogens with zero attached hydrogens (tertiary/aromatic N) is 2. The van der Waals surface area contributed by atoms with E-state index in [0.717, 1.165) is 0 Å². The summed E-state index contributed by atoms with van der Waals surface area (Å²) in [5.41, 5.74) is 0.892. The number of nitro groups is 1. The van der Waals surface area contributed by atoms with Gasteiger partial charge in [-0.25, -0.2) is 4.79 Å². The minimum Gasteiger partial charge on any atom is -0.456 e. The average Bonchev–Trinajstić information content (AvgIpc) is 2.82. The molecule has 21 heavy (non-hydrogen) atoms. The molecule has 0 bridgehead atoms. The minimum atomic E-state index is -0.559. The van der Waals surface area contributed by atoms with Gasteiger partial charge in [0.05, 0.1) is 16.7 Å². The second-order valence-corrected chi connectivity index (χ2v) is 5.61. The Balaban J connectivity index is 1.59. The van der Waals surface area contributed by atoms with Crippen molar-refractivity contribution < 1.29 is 19.2 Å². The van der Waals surface area contributed by atoms with Crippen LogP contribution in [0.4, 0.5) is 5.69 Å². The monoisotopic (exact) mass is 306 g/mol. The largest absolute Gasteiger partial charge is 0.456 e. The normalized spacial score (nSPS) is 19.6. The molecule has 1 aromatic carbocycles. The Labute approximate surface area is 123 Å². The van der Waals surface area contributed by atoms with Crippen molar-refractivity contribution in [3.8, 4) is 0 Å². The molecule has 1 fully saturated rings. The number of benzene rings is 1. The van der Waals surface area contributed by atoms with Crippen molar-refractivity contribution in [1.82, 2.24) is 4.90 Å². The summed E-state index contributed by atoms with van der Waals surface area (Å²) >= 11 is 1.43. The first kappa shape index (κ1) is 13.6. The van der Waals surface area contributed by atoms with Crippen LogP contribution in [0.1, 0.15) is 12.0 Å². The van der Waals surface area contributed by atoms with Crippen LogP contribution in [0.15, 0.2) is 35.4 Å². The van der Waals surface area contributed by atoms with E-state index in [0.29, 0.717) is 12.0 Å². The SMILES string of the molecule is O=C(OCc1ccc([N+](=O)[O-])cc1)C1=CS[C@@H]2CC(=O)N12. The van der Waals surface area contributed by atoms with E-state index < -0.39 is 10.9 Å². The van der Waals surface area contributed by atoms with E-state index in [4.69, 9.17) is 4.74 Å². The molecule has 2 aliphatic rings. The Morgan fingerprint density at radius 2 is 2.14 bits per heavy atom. The van der Waals surface area contributed by atoms with E-state index in [1.807, 2.05) is 0 Å². The van der Waals surface area contributed by atoms with Crippen molar-refractivity contribution in [2.75, 3.05) is 0 Å². The number of carbonyl (C=O) groups excluding carboxylic acids is 2. The smallest absolute Gasteiger partial charge is 0.355 e. The Morgan fingerprint density at radius 1 is 1.43 bits per heavy atom. The lowest BCUT2D eigenvalue weighted by Gasteiger charge is -2.34. The summed E-state index contributed by atoms with van der Waals surface area (Å²) in [6, 6.07) is 5.76. The van der Waals surface area contributed by atoms with Crippen LogP contribution < -0.4 is 0 Å². The molecule has 7 nitrogen and oxygen atoms in total. The van der Waals surface area contributed by atoms with E-state index in [1.54, 1.807) is 5.41 Å². The summed E-state index contributed by atoms with van der Waals surface area (Å²) in [6.45, 7) is 0.00549. The molecule has 0 N–H and O–H groups in total. The van der Waals surface area contributed by atoms with Gasteiger partial charge in [0.15, 0.2) is 0 Å². The van der Waals surface area contributed by atoms with Gasteiger partial charge in [0.1, 0.15) is 12.3 Å². The van der Waals surface area contributed by atoms with E-state index in [-0.39, 0.29) is 29.3 Å². The minimum absolute atomic E-state index is 0.00549. The second kappa shape index (κ2) is 5.21. The maximum absolute atomic E-state index is 11.9. The number of rotatable bonds is 4. The quantitative estimate of drug-likeness (QED) is 0.364. The van der Waals surface area contributed by atoms with Crippen LogP contribution >= 0.6 is 11.8 Å². The van der Waals surface area contributed by atoms with Crippen molar-refractivity contribution in [2.45, 2.75) is 18.4 Å². The summed E-state index contributed by atoms with van der Waals surface area (Å²) in [5.74, 6) is -0.639. The molecule has 0 saturated carbocycles. The van der Waals surface area contributed by atoms with E-state index in [1.165, 1.54) is 40.9 Å². The fraction of sp³-hybridized carbons (Fsp3) is 0.231. The van der Waals surface area contributed by atoms with E-state index in [2.05, 4.69) is 0 Å². The van der Waals surface area contributed by atoms with E-state index >= 15 is 0 Å². The fourth-order valence-electron chi connectivity index (χ4n) is 2.07. The third-order valence-electron chi connectivity index (χ3n) is 3.23. The lowest BCUT2D eigenvalue weighted by atomic mass is 10.2. The number of ether oxygens (including phenoxy) is 1. The molecule has 2 heterocycles. The van der Waals surface area contributed by atoms with Crippen molar-refractivity contribution in [3.05, 3.63) is 51.0 Å². The van der Waals surface area contributed by atoms with Crippen molar-refractivity contribution >= 4 is 29.3 Å². The first-order valence-corrected chi connectivity index (χ1v) is 7.08. The molecule has 0 aromatic heterocycles. The fourth-order valence-corrected chi connectivity index (χ4v) is 3.16.